The van der Waals surface area contributed by atoms with Crippen molar-refractivity contribution in [1.82, 2.24) is 10.2 Å². The third-order valence-electron chi connectivity index (χ3n) is 6.22. The van der Waals surface area contributed by atoms with Crippen molar-refractivity contribution >= 4 is 17.8 Å². The molecule has 1 N–H and O–H groups in total. The number of carbonyl (C=O) groups is 3. The number of amides is 2. The van der Waals surface area contributed by atoms with E-state index < -0.39 is 11.3 Å². The molecule has 1 aliphatic heterocycles. The molecule has 0 unspecified atom stereocenters. The van der Waals surface area contributed by atoms with Crippen molar-refractivity contribution in [2.24, 2.45) is 11.3 Å². The predicted octanol–water partition coefficient (Wildman–Crippen LogP) is 3.56. The fourth-order valence-corrected chi connectivity index (χ4v) is 4.73. The summed E-state index contributed by atoms with van der Waals surface area (Å²) >= 11 is 0. The Balaban J connectivity index is 1.54. The fraction of sp³-hybridized carbons (Fsp3) is 0.400. The lowest BCUT2D eigenvalue weighted by Gasteiger charge is -2.43. The third-order valence-corrected chi connectivity index (χ3v) is 6.22. The van der Waals surface area contributed by atoms with Gasteiger partial charge < -0.3 is 19.4 Å². The largest absolute Gasteiger partial charge is 0.467 e. The fourth-order valence-electron chi connectivity index (χ4n) is 4.73. The van der Waals surface area contributed by atoms with Gasteiger partial charge in [0, 0.05) is 24.6 Å². The van der Waals surface area contributed by atoms with Gasteiger partial charge in [-0.2, -0.15) is 0 Å². The number of carbonyl (C=O) groups excluding carboxylic acids is 3. The van der Waals surface area contributed by atoms with Crippen molar-refractivity contribution in [3.63, 3.8) is 0 Å². The summed E-state index contributed by atoms with van der Waals surface area (Å²) in [6.45, 7) is 2.66. The van der Waals surface area contributed by atoms with Gasteiger partial charge in [0.25, 0.3) is 0 Å². The summed E-state index contributed by atoms with van der Waals surface area (Å²) in [6, 6.07) is 13.2. The van der Waals surface area contributed by atoms with Crippen LogP contribution in [0.1, 0.15) is 43.9 Å². The zero-order chi connectivity index (χ0) is 22.6. The number of esters is 1. The van der Waals surface area contributed by atoms with Crippen LogP contribution < -0.4 is 5.32 Å². The van der Waals surface area contributed by atoms with Crippen LogP contribution in [0.15, 0.2) is 64.9 Å². The summed E-state index contributed by atoms with van der Waals surface area (Å²) in [4.78, 5) is 40.8. The summed E-state index contributed by atoms with van der Waals surface area (Å²) in [7, 11) is 0. The Kier molecular flexibility index (Phi) is 6.44. The number of benzene rings is 1. The molecule has 0 bridgehead atoms. The molecule has 0 radical (unpaired) electrons. The van der Waals surface area contributed by atoms with E-state index >= 15 is 0 Å². The SMILES string of the molecule is CCOC(=O)[C@]12CCC=C1N(Cc1ccco1)C(=O)[C@H](CC(=O)NCc1ccccc1)C2. The van der Waals surface area contributed by atoms with Gasteiger partial charge in [-0.25, -0.2) is 0 Å². The first kappa shape index (κ1) is 21.9. The number of hydrogen-bond acceptors (Lipinski definition) is 5. The van der Waals surface area contributed by atoms with Gasteiger partial charge in [-0.05, 0) is 43.9 Å². The molecule has 1 fully saturated rings. The topological polar surface area (TPSA) is 88.8 Å². The zero-order valence-electron chi connectivity index (χ0n) is 18.2. The summed E-state index contributed by atoms with van der Waals surface area (Å²) in [5.41, 5.74) is 0.763. The van der Waals surface area contributed by atoms with Crippen LogP contribution in [0.3, 0.4) is 0 Å². The number of fused-ring (bicyclic) bond motifs is 1. The maximum absolute atomic E-state index is 13.4. The lowest BCUT2D eigenvalue weighted by atomic mass is 9.71. The molecule has 7 heteroatoms. The summed E-state index contributed by atoms with van der Waals surface area (Å²) < 4.78 is 10.9. The molecular formula is C25H28N2O5. The Morgan fingerprint density at radius 1 is 1.22 bits per heavy atom. The standard InChI is InChI=1S/C25H28N2O5/c1-2-31-24(30)25-12-6-11-21(25)27(17-20-10-7-13-32-20)23(29)19(15-25)14-22(28)26-16-18-8-4-3-5-9-18/h3-5,7-11,13,19H,2,6,12,14-17H2,1H3,(H,26,28)/t19-,25+/m1/s1. The van der Waals surface area contributed by atoms with Crippen LogP contribution in [0.5, 0.6) is 0 Å². The van der Waals surface area contributed by atoms with E-state index in [4.69, 9.17) is 9.15 Å². The average molecular weight is 437 g/mol. The van der Waals surface area contributed by atoms with Crippen molar-refractivity contribution in [3.05, 3.63) is 71.8 Å². The number of allylic oxidation sites excluding steroid dienone is 1. The van der Waals surface area contributed by atoms with Gasteiger partial charge in [-0.15, -0.1) is 0 Å². The summed E-state index contributed by atoms with van der Waals surface area (Å²) in [5, 5.41) is 2.89. The van der Waals surface area contributed by atoms with E-state index in [1.165, 1.54) is 0 Å². The van der Waals surface area contributed by atoms with Gasteiger partial charge in [-0.3, -0.25) is 14.4 Å². The second-order valence-electron chi connectivity index (χ2n) is 8.30. The Bertz CT molecular complexity index is 999. The third kappa shape index (κ3) is 4.33. The molecule has 0 saturated carbocycles. The molecule has 2 aliphatic rings. The minimum absolute atomic E-state index is 0.0226. The molecule has 2 atom stereocenters. The normalized spacial score (nSPS) is 22.3. The first-order valence-corrected chi connectivity index (χ1v) is 11.1. The van der Waals surface area contributed by atoms with Crippen LogP contribution in [-0.2, 0) is 32.2 Å². The number of furan rings is 1. The highest BCUT2D eigenvalue weighted by atomic mass is 16.5. The molecule has 2 amide bonds. The highest BCUT2D eigenvalue weighted by Gasteiger charge is 2.55. The van der Waals surface area contributed by atoms with E-state index in [1.807, 2.05) is 36.4 Å². The van der Waals surface area contributed by atoms with Crippen LogP contribution in [0.25, 0.3) is 0 Å². The number of hydrogen-bond donors (Lipinski definition) is 1. The molecule has 7 nitrogen and oxygen atoms in total. The molecule has 0 spiro atoms. The molecule has 1 aromatic heterocycles. The second kappa shape index (κ2) is 9.42. The Morgan fingerprint density at radius 3 is 2.75 bits per heavy atom. The van der Waals surface area contributed by atoms with Gasteiger partial charge in [0.15, 0.2) is 0 Å². The number of nitrogens with one attached hydrogen (secondary N) is 1. The quantitative estimate of drug-likeness (QED) is 0.639. The van der Waals surface area contributed by atoms with Crippen LogP contribution in [0.2, 0.25) is 0 Å². The Morgan fingerprint density at radius 2 is 2.03 bits per heavy atom. The molecule has 1 aliphatic carbocycles. The van der Waals surface area contributed by atoms with Crippen LogP contribution in [0, 0.1) is 11.3 Å². The number of nitrogens with zero attached hydrogens (tertiary/aromatic N) is 1. The first-order chi connectivity index (χ1) is 15.5. The molecule has 1 saturated heterocycles. The van der Waals surface area contributed by atoms with Crippen LogP contribution >= 0.6 is 0 Å². The van der Waals surface area contributed by atoms with E-state index in [0.29, 0.717) is 30.8 Å². The minimum Gasteiger partial charge on any atom is -0.467 e. The van der Waals surface area contributed by atoms with E-state index in [9.17, 15) is 14.4 Å². The lowest BCUT2D eigenvalue weighted by Crippen LogP contribution is -2.52. The van der Waals surface area contributed by atoms with Crippen LogP contribution in [0.4, 0.5) is 0 Å². The van der Waals surface area contributed by atoms with Gasteiger partial charge in [0.2, 0.25) is 11.8 Å². The van der Waals surface area contributed by atoms with E-state index in [2.05, 4.69) is 5.32 Å². The molecule has 168 valence electrons. The highest BCUT2D eigenvalue weighted by molar-refractivity contribution is 5.92. The Hall–Kier alpha value is -3.35. The minimum atomic E-state index is -0.902. The maximum atomic E-state index is 13.4. The van der Waals surface area contributed by atoms with Crippen LogP contribution in [-0.4, -0.2) is 29.3 Å². The first-order valence-electron chi connectivity index (χ1n) is 11.1. The molecule has 32 heavy (non-hydrogen) atoms. The van der Waals surface area contributed by atoms with Crippen molar-refractivity contribution in [1.29, 1.82) is 0 Å². The number of piperidine rings is 1. The second-order valence-corrected chi connectivity index (χ2v) is 8.30. The van der Waals surface area contributed by atoms with Gasteiger partial charge in [-0.1, -0.05) is 36.4 Å². The molecule has 1 aromatic carbocycles. The van der Waals surface area contributed by atoms with Gasteiger partial charge in [0.05, 0.1) is 19.4 Å². The lowest BCUT2D eigenvalue weighted by molar-refractivity contribution is -0.161. The number of rotatable bonds is 8. The van der Waals surface area contributed by atoms with Crippen molar-refractivity contribution < 1.29 is 23.5 Å². The summed E-state index contributed by atoms with van der Waals surface area (Å²) in [6.07, 6.45) is 5.07. The molecule has 4 rings (SSSR count). The van der Waals surface area contributed by atoms with Crippen molar-refractivity contribution in [2.45, 2.75) is 45.7 Å². The number of likely N-dealkylation sites (tertiary alicyclic amines) is 1. The van der Waals surface area contributed by atoms with Crippen molar-refractivity contribution in [3.8, 4) is 0 Å². The van der Waals surface area contributed by atoms with Crippen molar-refractivity contribution in [2.75, 3.05) is 6.61 Å². The smallest absolute Gasteiger partial charge is 0.318 e. The summed E-state index contributed by atoms with van der Waals surface area (Å²) in [5.74, 6) is -0.687. The van der Waals surface area contributed by atoms with E-state index in [0.717, 1.165) is 5.56 Å². The Labute approximate surface area is 187 Å². The predicted molar refractivity (Wildman–Crippen MR) is 117 cm³/mol. The number of ether oxygens (including phenoxy) is 1. The molecule has 2 heterocycles. The molecular weight excluding hydrogens is 408 g/mol. The highest BCUT2D eigenvalue weighted by Crippen LogP contribution is 2.51. The van der Waals surface area contributed by atoms with E-state index in [1.54, 1.807) is 30.2 Å². The van der Waals surface area contributed by atoms with Gasteiger partial charge in [0.1, 0.15) is 11.2 Å². The monoisotopic (exact) mass is 436 g/mol. The van der Waals surface area contributed by atoms with E-state index in [-0.39, 0.29) is 43.8 Å². The van der Waals surface area contributed by atoms with Gasteiger partial charge >= 0.3 is 5.97 Å². The zero-order valence-corrected chi connectivity index (χ0v) is 18.2. The average Bonchev–Trinajstić information content (AvgIpc) is 3.46. The molecule has 2 aromatic rings. The maximum Gasteiger partial charge on any atom is 0.318 e.